The molecule has 1 aliphatic heterocycles. The fraction of sp³-hybridized carbons (Fsp3) is 1.00. The minimum Gasteiger partial charge on any atom is -0.311 e. The molecule has 14 heavy (non-hydrogen) atoms. The quantitative estimate of drug-likeness (QED) is 0.704. The van der Waals surface area contributed by atoms with Crippen molar-refractivity contribution in [2.75, 3.05) is 13.1 Å². The number of nitrogens with one attached hydrogen (secondary N) is 1. The molecular weight excluding hydrogens is 172 g/mol. The van der Waals surface area contributed by atoms with E-state index in [0.717, 1.165) is 18.1 Å². The van der Waals surface area contributed by atoms with Gasteiger partial charge < -0.3 is 10.2 Å². The summed E-state index contributed by atoms with van der Waals surface area (Å²) < 4.78 is 0. The maximum atomic E-state index is 3.64. The van der Waals surface area contributed by atoms with E-state index in [1.54, 1.807) is 0 Å². The van der Waals surface area contributed by atoms with Crippen LogP contribution in [0.4, 0.5) is 0 Å². The summed E-state index contributed by atoms with van der Waals surface area (Å²) in [5.74, 6) is 0. The van der Waals surface area contributed by atoms with Gasteiger partial charge in [0.25, 0.3) is 0 Å². The largest absolute Gasteiger partial charge is 0.311 e. The van der Waals surface area contributed by atoms with E-state index in [0.29, 0.717) is 0 Å². The Morgan fingerprint density at radius 1 is 1.21 bits per heavy atom. The molecule has 1 saturated heterocycles. The van der Waals surface area contributed by atoms with E-state index in [-0.39, 0.29) is 0 Å². The van der Waals surface area contributed by atoms with Gasteiger partial charge in [0.15, 0.2) is 0 Å². The van der Waals surface area contributed by atoms with E-state index in [2.05, 4.69) is 37.9 Å². The lowest BCUT2D eigenvalue weighted by atomic mass is 9.90. The van der Waals surface area contributed by atoms with Crippen LogP contribution in [0.1, 0.15) is 47.0 Å². The van der Waals surface area contributed by atoms with Crippen molar-refractivity contribution in [3.05, 3.63) is 0 Å². The van der Waals surface area contributed by atoms with Gasteiger partial charge in [0.2, 0.25) is 0 Å². The summed E-state index contributed by atoms with van der Waals surface area (Å²) in [4.78, 5) is 2.54. The first-order valence-electron chi connectivity index (χ1n) is 6.21. The number of rotatable bonds is 6. The molecule has 0 aromatic carbocycles. The van der Waals surface area contributed by atoms with Crippen LogP contribution in [0.2, 0.25) is 0 Å². The van der Waals surface area contributed by atoms with Gasteiger partial charge in [-0.2, -0.15) is 0 Å². The van der Waals surface area contributed by atoms with Crippen LogP contribution >= 0.6 is 0 Å². The maximum Gasteiger partial charge on any atom is 0.00992 e. The standard InChI is InChI=1S/C12H26N2/c1-5-11-9-12(13-11)8-10(4)14(6-2)7-3/h10-13H,5-9H2,1-4H3. The minimum absolute atomic E-state index is 0.736. The smallest absolute Gasteiger partial charge is 0.00992 e. The molecule has 0 aromatic rings. The van der Waals surface area contributed by atoms with Crippen LogP contribution < -0.4 is 5.32 Å². The Morgan fingerprint density at radius 2 is 1.79 bits per heavy atom. The number of hydrogen-bond donors (Lipinski definition) is 1. The molecule has 0 aromatic heterocycles. The molecule has 3 atom stereocenters. The molecule has 2 heteroatoms. The van der Waals surface area contributed by atoms with E-state index < -0.39 is 0 Å². The topological polar surface area (TPSA) is 15.3 Å². The van der Waals surface area contributed by atoms with Crippen molar-refractivity contribution in [2.24, 2.45) is 0 Å². The molecule has 1 N–H and O–H groups in total. The van der Waals surface area contributed by atoms with Crippen molar-refractivity contribution in [2.45, 2.75) is 65.1 Å². The van der Waals surface area contributed by atoms with E-state index in [9.17, 15) is 0 Å². The molecule has 1 aliphatic rings. The highest BCUT2D eigenvalue weighted by Crippen LogP contribution is 2.20. The lowest BCUT2D eigenvalue weighted by molar-refractivity contribution is 0.161. The van der Waals surface area contributed by atoms with Crippen molar-refractivity contribution in [1.29, 1.82) is 0 Å². The van der Waals surface area contributed by atoms with Gasteiger partial charge in [-0.3, -0.25) is 0 Å². The van der Waals surface area contributed by atoms with Crippen molar-refractivity contribution < 1.29 is 0 Å². The summed E-state index contributed by atoms with van der Waals surface area (Å²) in [5, 5.41) is 3.64. The van der Waals surface area contributed by atoms with E-state index in [1.807, 2.05) is 0 Å². The second-order valence-corrected chi connectivity index (χ2v) is 4.51. The molecule has 1 rings (SSSR count). The third-order valence-corrected chi connectivity index (χ3v) is 3.59. The van der Waals surface area contributed by atoms with Crippen LogP contribution in [0.5, 0.6) is 0 Å². The Bertz CT molecular complexity index is 148. The first-order chi connectivity index (χ1) is 6.71. The fourth-order valence-electron chi connectivity index (χ4n) is 2.51. The molecule has 3 unspecified atom stereocenters. The normalized spacial score (nSPS) is 28.9. The molecule has 0 amide bonds. The highest BCUT2D eigenvalue weighted by molar-refractivity contribution is 4.89. The zero-order valence-corrected chi connectivity index (χ0v) is 10.2. The Hall–Kier alpha value is -0.0800. The third-order valence-electron chi connectivity index (χ3n) is 3.59. The summed E-state index contributed by atoms with van der Waals surface area (Å²) in [6.45, 7) is 11.5. The Balaban J connectivity index is 2.18. The van der Waals surface area contributed by atoms with Gasteiger partial charge in [-0.1, -0.05) is 20.8 Å². The van der Waals surface area contributed by atoms with E-state index >= 15 is 0 Å². The predicted octanol–water partition coefficient (Wildman–Crippen LogP) is 2.25. The van der Waals surface area contributed by atoms with Crippen molar-refractivity contribution in [1.82, 2.24) is 10.2 Å². The predicted molar refractivity (Wildman–Crippen MR) is 62.6 cm³/mol. The van der Waals surface area contributed by atoms with Crippen LogP contribution in [0.25, 0.3) is 0 Å². The molecule has 0 aliphatic carbocycles. The highest BCUT2D eigenvalue weighted by Gasteiger charge is 2.28. The second-order valence-electron chi connectivity index (χ2n) is 4.51. The van der Waals surface area contributed by atoms with E-state index in [1.165, 1.54) is 32.4 Å². The summed E-state index contributed by atoms with van der Waals surface area (Å²) in [7, 11) is 0. The molecule has 84 valence electrons. The summed E-state index contributed by atoms with van der Waals surface area (Å²) in [5.41, 5.74) is 0. The fourth-order valence-corrected chi connectivity index (χ4v) is 2.51. The van der Waals surface area contributed by atoms with Gasteiger partial charge in [-0.15, -0.1) is 0 Å². The van der Waals surface area contributed by atoms with Crippen LogP contribution in [-0.4, -0.2) is 36.1 Å². The van der Waals surface area contributed by atoms with Gasteiger partial charge in [0.1, 0.15) is 0 Å². The second kappa shape index (κ2) is 5.72. The van der Waals surface area contributed by atoms with Gasteiger partial charge in [-0.05, 0) is 39.3 Å². The molecule has 1 fully saturated rings. The average Bonchev–Trinajstić information content (AvgIpc) is 2.12. The first-order valence-corrected chi connectivity index (χ1v) is 6.21. The minimum atomic E-state index is 0.736. The zero-order chi connectivity index (χ0) is 10.6. The van der Waals surface area contributed by atoms with Gasteiger partial charge in [0.05, 0.1) is 0 Å². The first kappa shape index (κ1) is 12.0. The summed E-state index contributed by atoms with van der Waals surface area (Å²) in [6.07, 6.45) is 4.00. The Morgan fingerprint density at radius 3 is 2.21 bits per heavy atom. The van der Waals surface area contributed by atoms with Crippen LogP contribution in [0.3, 0.4) is 0 Å². The SMILES string of the molecule is CCC1CC(CC(C)N(CC)CC)N1. The van der Waals surface area contributed by atoms with Gasteiger partial charge in [-0.25, -0.2) is 0 Å². The zero-order valence-electron chi connectivity index (χ0n) is 10.2. The lowest BCUT2D eigenvalue weighted by Crippen LogP contribution is -2.54. The Labute approximate surface area is 89.1 Å². The van der Waals surface area contributed by atoms with Gasteiger partial charge in [0, 0.05) is 18.1 Å². The van der Waals surface area contributed by atoms with Crippen molar-refractivity contribution in [3.63, 3.8) is 0 Å². The molecule has 0 spiro atoms. The van der Waals surface area contributed by atoms with Gasteiger partial charge >= 0.3 is 0 Å². The average molecular weight is 198 g/mol. The molecule has 0 bridgehead atoms. The van der Waals surface area contributed by atoms with E-state index in [4.69, 9.17) is 0 Å². The monoisotopic (exact) mass is 198 g/mol. The molecule has 0 saturated carbocycles. The Kier molecular flexibility index (Phi) is 4.90. The van der Waals surface area contributed by atoms with Crippen molar-refractivity contribution in [3.8, 4) is 0 Å². The molecule has 2 nitrogen and oxygen atoms in total. The number of hydrogen-bond acceptors (Lipinski definition) is 2. The van der Waals surface area contributed by atoms with Crippen molar-refractivity contribution >= 4 is 0 Å². The molecule has 1 heterocycles. The van der Waals surface area contributed by atoms with Crippen LogP contribution in [-0.2, 0) is 0 Å². The molecular formula is C12H26N2. The van der Waals surface area contributed by atoms with Crippen LogP contribution in [0, 0.1) is 0 Å². The lowest BCUT2D eigenvalue weighted by Gasteiger charge is -2.40. The highest BCUT2D eigenvalue weighted by atomic mass is 15.1. The van der Waals surface area contributed by atoms with Crippen LogP contribution in [0.15, 0.2) is 0 Å². The third kappa shape index (κ3) is 2.96. The molecule has 0 radical (unpaired) electrons. The summed E-state index contributed by atoms with van der Waals surface area (Å²) in [6, 6.07) is 2.33. The number of nitrogens with zero attached hydrogens (tertiary/aromatic N) is 1. The summed E-state index contributed by atoms with van der Waals surface area (Å²) >= 11 is 0. The maximum absolute atomic E-state index is 3.64.